The highest BCUT2D eigenvalue weighted by Crippen LogP contribution is 2.17. The first-order chi connectivity index (χ1) is 18.4. The molecule has 190 valence electrons. The van der Waals surface area contributed by atoms with Gasteiger partial charge in [-0.1, -0.05) is 30.3 Å². The van der Waals surface area contributed by atoms with E-state index in [0.717, 1.165) is 11.3 Å². The van der Waals surface area contributed by atoms with E-state index in [1.54, 1.807) is 72.8 Å². The van der Waals surface area contributed by atoms with Gasteiger partial charge in [0.25, 0.3) is 11.8 Å². The van der Waals surface area contributed by atoms with Gasteiger partial charge in [0.1, 0.15) is 11.5 Å². The Labute approximate surface area is 221 Å². The monoisotopic (exact) mass is 505 g/mol. The van der Waals surface area contributed by atoms with Crippen molar-refractivity contribution in [3.05, 3.63) is 131 Å². The topological polar surface area (TPSA) is 91.7 Å². The minimum atomic E-state index is -0.497. The molecule has 4 rings (SSSR count). The largest absolute Gasteiger partial charge is 0.465 e. The van der Waals surface area contributed by atoms with Gasteiger partial charge >= 0.3 is 0 Å². The molecule has 0 aliphatic carbocycles. The molecule has 0 aliphatic rings. The molecule has 38 heavy (non-hydrogen) atoms. The number of anilines is 2. The number of amides is 2. The quantitative estimate of drug-likeness (QED) is 0.227. The predicted octanol–water partition coefficient (Wildman–Crippen LogP) is 5.65. The average Bonchev–Trinajstić information content (AvgIpc) is 3.46. The molecule has 0 spiro atoms. The average molecular weight is 506 g/mol. The summed E-state index contributed by atoms with van der Waals surface area (Å²) in [6, 6.07) is 26.3. The molecule has 2 amide bonds. The molecule has 0 saturated heterocycles. The number of allylic oxidation sites excluding steroid dienone is 1. The second kappa shape index (κ2) is 12.2. The van der Waals surface area contributed by atoms with E-state index in [1.807, 2.05) is 49.3 Å². The van der Waals surface area contributed by atoms with Crippen LogP contribution < -0.4 is 15.5 Å². The van der Waals surface area contributed by atoms with E-state index >= 15 is 0 Å². The standard InChI is InChI=1S/C31H27N3O4/c1-34(2)26-16-10-22(11-17-26)21-28(33-30(36)24-7-4-3-5-8-24)31(37)32-25-14-12-23(13-15-25)29(35)19-18-27-9-6-20-38-27/h3-21H,1-2H3,(H,32,37)(H,33,36)/b19-18+,28-21-. The van der Waals surface area contributed by atoms with Gasteiger partial charge in [-0.15, -0.1) is 0 Å². The van der Waals surface area contributed by atoms with Crippen LogP contribution in [0, 0.1) is 0 Å². The SMILES string of the molecule is CN(C)c1ccc(/C=C(\NC(=O)c2ccccc2)C(=O)Nc2ccc(C(=O)/C=C/c3ccco3)cc2)cc1. The molecule has 0 atom stereocenters. The van der Waals surface area contributed by atoms with Gasteiger partial charge in [0.05, 0.1) is 6.26 Å². The smallest absolute Gasteiger partial charge is 0.272 e. The van der Waals surface area contributed by atoms with Gasteiger partial charge < -0.3 is 20.0 Å². The number of carbonyl (C=O) groups is 3. The molecule has 0 saturated carbocycles. The number of carbonyl (C=O) groups excluding carboxylic acids is 3. The minimum Gasteiger partial charge on any atom is -0.465 e. The first kappa shape index (κ1) is 25.9. The summed E-state index contributed by atoms with van der Waals surface area (Å²) in [5.74, 6) is -0.518. The van der Waals surface area contributed by atoms with Crippen LogP contribution in [0.1, 0.15) is 32.0 Å². The van der Waals surface area contributed by atoms with Gasteiger partial charge in [0.15, 0.2) is 5.78 Å². The molecule has 2 N–H and O–H groups in total. The highest BCUT2D eigenvalue weighted by Gasteiger charge is 2.15. The molecule has 7 heteroatoms. The van der Waals surface area contributed by atoms with Crippen molar-refractivity contribution in [3.8, 4) is 0 Å². The summed E-state index contributed by atoms with van der Waals surface area (Å²) >= 11 is 0. The molecule has 3 aromatic carbocycles. The molecule has 0 radical (unpaired) electrons. The summed E-state index contributed by atoms with van der Waals surface area (Å²) in [5, 5.41) is 5.52. The fraction of sp³-hybridized carbons (Fsp3) is 0.0645. The second-order valence-electron chi connectivity index (χ2n) is 8.61. The number of rotatable bonds is 9. The van der Waals surface area contributed by atoms with E-state index in [4.69, 9.17) is 4.42 Å². The Morgan fingerprint density at radius 1 is 0.789 bits per heavy atom. The van der Waals surface area contributed by atoms with E-state index < -0.39 is 11.8 Å². The maximum Gasteiger partial charge on any atom is 0.272 e. The van der Waals surface area contributed by atoms with Crippen molar-refractivity contribution >= 4 is 41.1 Å². The number of furan rings is 1. The third-order valence-electron chi connectivity index (χ3n) is 5.62. The van der Waals surface area contributed by atoms with Gasteiger partial charge in [-0.05, 0) is 84.5 Å². The highest BCUT2D eigenvalue weighted by molar-refractivity contribution is 6.11. The van der Waals surface area contributed by atoms with Crippen LogP contribution in [0.4, 0.5) is 11.4 Å². The molecule has 7 nitrogen and oxygen atoms in total. The van der Waals surface area contributed by atoms with Gasteiger partial charge in [0, 0.05) is 36.6 Å². The van der Waals surface area contributed by atoms with Crippen LogP contribution in [0.15, 0.2) is 113 Å². The van der Waals surface area contributed by atoms with Crippen LogP contribution >= 0.6 is 0 Å². The summed E-state index contributed by atoms with van der Waals surface area (Å²) < 4.78 is 5.20. The Kier molecular flexibility index (Phi) is 8.31. The Hall–Kier alpha value is -5.17. The zero-order valence-corrected chi connectivity index (χ0v) is 21.0. The molecule has 4 aromatic rings. The summed E-state index contributed by atoms with van der Waals surface area (Å²) in [6.07, 6.45) is 6.17. The van der Waals surface area contributed by atoms with Gasteiger partial charge in [0.2, 0.25) is 0 Å². The first-order valence-electron chi connectivity index (χ1n) is 11.9. The number of hydrogen-bond acceptors (Lipinski definition) is 5. The maximum atomic E-state index is 13.2. The minimum absolute atomic E-state index is 0.0815. The van der Waals surface area contributed by atoms with Crippen LogP contribution in [-0.4, -0.2) is 31.7 Å². The Morgan fingerprint density at radius 2 is 1.50 bits per heavy atom. The van der Waals surface area contributed by atoms with E-state index in [9.17, 15) is 14.4 Å². The summed E-state index contributed by atoms with van der Waals surface area (Å²) in [4.78, 5) is 40.4. The van der Waals surface area contributed by atoms with Crippen LogP contribution in [0.25, 0.3) is 12.2 Å². The van der Waals surface area contributed by atoms with Crippen molar-refractivity contribution < 1.29 is 18.8 Å². The lowest BCUT2D eigenvalue weighted by Gasteiger charge is -2.13. The van der Waals surface area contributed by atoms with Crippen LogP contribution in [0.3, 0.4) is 0 Å². The molecule has 0 fully saturated rings. The van der Waals surface area contributed by atoms with E-state index in [1.165, 1.54) is 12.3 Å². The lowest BCUT2D eigenvalue weighted by molar-refractivity contribution is -0.113. The van der Waals surface area contributed by atoms with Crippen molar-refractivity contribution in [2.75, 3.05) is 24.3 Å². The molecule has 1 heterocycles. The van der Waals surface area contributed by atoms with Crippen LogP contribution in [-0.2, 0) is 4.79 Å². The molecule has 1 aromatic heterocycles. The Bertz CT molecular complexity index is 1450. The van der Waals surface area contributed by atoms with Crippen molar-refractivity contribution in [1.82, 2.24) is 5.32 Å². The number of benzene rings is 3. The van der Waals surface area contributed by atoms with Gasteiger partial charge in [-0.25, -0.2) is 0 Å². The fourth-order valence-corrected chi connectivity index (χ4v) is 3.53. The summed E-state index contributed by atoms with van der Waals surface area (Å²) in [6.45, 7) is 0. The Morgan fingerprint density at radius 3 is 2.13 bits per heavy atom. The number of nitrogens with zero attached hydrogens (tertiary/aromatic N) is 1. The van der Waals surface area contributed by atoms with Crippen molar-refractivity contribution in [2.24, 2.45) is 0 Å². The van der Waals surface area contributed by atoms with E-state index in [-0.39, 0.29) is 11.5 Å². The lowest BCUT2D eigenvalue weighted by Crippen LogP contribution is -2.30. The third kappa shape index (κ3) is 6.95. The second-order valence-corrected chi connectivity index (χ2v) is 8.61. The van der Waals surface area contributed by atoms with Crippen molar-refractivity contribution in [1.29, 1.82) is 0 Å². The van der Waals surface area contributed by atoms with Gasteiger partial charge in [-0.3, -0.25) is 14.4 Å². The molecular formula is C31H27N3O4. The highest BCUT2D eigenvalue weighted by atomic mass is 16.3. The summed E-state index contributed by atoms with van der Waals surface area (Å²) in [7, 11) is 3.88. The van der Waals surface area contributed by atoms with E-state index in [0.29, 0.717) is 22.6 Å². The first-order valence-corrected chi connectivity index (χ1v) is 11.9. The normalized spacial score (nSPS) is 11.3. The van der Waals surface area contributed by atoms with Crippen LogP contribution in [0.2, 0.25) is 0 Å². The zero-order valence-electron chi connectivity index (χ0n) is 21.0. The summed E-state index contributed by atoms with van der Waals surface area (Å²) in [5.41, 5.74) is 3.20. The van der Waals surface area contributed by atoms with Crippen LogP contribution in [0.5, 0.6) is 0 Å². The zero-order chi connectivity index (χ0) is 26.9. The maximum absolute atomic E-state index is 13.2. The predicted molar refractivity (Wildman–Crippen MR) is 150 cm³/mol. The lowest BCUT2D eigenvalue weighted by atomic mass is 10.1. The van der Waals surface area contributed by atoms with Crippen molar-refractivity contribution in [2.45, 2.75) is 0 Å². The number of hydrogen-bond donors (Lipinski definition) is 2. The van der Waals surface area contributed by atoms with Crippen molar-refractivity contribution in [3.63, 3.8) is 0 Å². The number of nitrogens with one attached hydrogen (secondary N) is 2. The Balaban J connectivity index is 1.51. The van der Waals surface area contributed by atoms with E-state index in [2.05, 4.69) is 10.6 Å². The molecular weight excluding hydrogens is 478 g/mol. The third-order valence-corrected chi connectivity index (χ3v) is 5.62. The number of ketones is 1. The molecule has 0 unspecified atom stereocenters. The molecule has 0 aliphatic heterocycles. The molecule has 0 bridgehead atoms. The van der Waals surface area contributed by atoms with Gasteiger partial charge in [-0.2, -0.15) is 0 Å². The fourth-order valence-electron chi connectivity index (χ4n) is 3.53.